The van der Waals surface area contributed by atoms with E-state index in [1.54, 1.807) is 38.4 Å². The van der Waals surface area contributed by atoms with E-state index < -0.39 is 11.8 Å². The summed E-state index contributed by atoms with van der Waals surface area (Å²) in [7, 11) is 3.30. The summed E-state index contributed by atoms with van der Waals surface area (Å²) in [5, 5.41) is 0. The molecule has 0 atom stereocenters. The summed E-state index contributed by atoms with van der Waals surface area (Å²) in [6.45, 7) is 0. The number of hydrogen-bond acceptors (Lipinski definition) is 5. The number of benzene rings is 1. The summed E-state index contributed by atoms with van der Waals surface area (Å²) in [6, 6.07) is 6.28. The van der Waals surface area contributed by atoms with Gasteiger partial charge in [0.2, 0.25) is 0 Å². The fourth-order valence-electron chi connectivity index (χ4n) is 2.22. The number of anilines is 1. The molecule has 0 N–H and O–H groups in total. The Balaban J connectivity index is 1.95. The Labute approximate surface area is 126 Å². The number of carbonyl (C=O) groups excluding carboxylic acids is 3. The second kappa shape index (κ2) is 5.03. The summed E-state index contributed by atoms with van der Waals surface area (Å²) in [5.41, 5.74) is 1.14. The number of imide groups is 1. The van der Waals surface area contributed by atoms with E-state index in [-0.39, 0.29) is 17.2 Å². The van der Waals surface area contributed by atoms with Crippen molar-refractivity contribution in [2.24, 2.45) is 0 Å². The first-order chi connectivity index (χ1) is 10.5. The Morgan fingerprint density at radius 2 is 1.77 bits per heavy atom. The second-order valence-electron chi connectivity index (χ2n) is 4.98. The number of carbonyl (C=O) groups is 3. The van der Waals surface area contributed by atoms with Crippen molar-refractivity contribution in [3.8, 4) is 0 Å². The molecule has 3 rings (SSSR count). The lowest BCUT2D eigenvalue weighted by atomic mass is 10.1. The second-order valence-corrected chi connectivity index (χ2v) is 4.98. The highest BCUT2D eigenvalue weighted by molar-refractivity contribution is 6.33. The minimum atomic E-state index is -0.492. The molecule has 0 spiro atoms. The van der Waals surface area contributed by atoms with E-state index in [0.717, 1.165) is 4.90 Å². The molecule has 0 fully saturated rings. The Kier molecular flexibility index (Phi) is 3.17. The van der Waals surface area contributed by atoms with Gasteiger partial charge in [0.15, 0.2) is 0 Å². The monoisotopic (exact) mass is 296 g/mol. The SMILES string of the molecule is CN(C)C(=O)c1ccc(N2C(=O)c3cncnc3C2=O)cc1. The average Bonchev–Trinajstić information content (AvgIpc) is 2.79. The summed E-state index contributed by atoms with van der Waals surface area (Å²) in [5.74, 6) is -1.11. The highest BCUT2D eigenvalue weighted by Crippen LogP contribution is 2.26. The molecule has 7 nitrogen and oxygen atoms in total. The van der Waals surface area contributed by atoms with Crippen LogP contribution in [-0.4, -0.2) is 46.7 Å². The number of amides is 3. The van der Waals surface area contributed by atoms with Gasteiger partial charge in [0.1, 0.15) is 12.0 Å². The van der Waals surface area contributed by atoms with Crippen LogP contribution in [0.5, 0.6) is 0 Å². The van der Waals surface area contributed by atoms with E-state index >= 15 is 0 Å². The molecule has 0 unspecified atom stereocenters. The number of rotatable bonds is 2. The molecule has 7 heteroatoms. The van der Waals surface area contributed by atoms with Gasteiger partial charge in [-0.2, -0.15) is 0 Å². The summed E-state index contributed by atoms with van der Waals surface area (Å²) < 4.78 is 0. The van der Waals surface area contributed by atoms with E-state index in [9.17, 15) is 14.4 Å². The van der Waals surface area contributed by atoms with Crippen LogP contribution in [-0.2, 0) is 0 Å². The summed E-state index contributed by atoms with van der Waals surface area (Å²) in [6.07, 6.45) is 2.55. The van der Waals surface area contributed by atoms with Crippen molar-refractivity contribution >= 4 is 23.4 Å². The van der Waals surface area contributed by atoms with Gasteiger partial charge in [-0.3, -0.25) is 14.4 Å². The third kappa shape index (κ3) is 2.03. The first-order valence-electron chi connectivity index (χ1n) is 6.51. The number of nitrogens with zero attached hydrogens (tertiary/aromatic N) is 4. The van der Waals surface area contributed by atoms with Gasteiger partial charge >= 0.3 is 0 Å². The zero-order valence-corrected chi connectivity index (χ0v) is 12.0. The van der Waals surface area contributed by atoms with Gasteiger partial charge in [0.05, 0.1) is 11.3 Å². The van der Waals surface area contributed by atoms with Crippen LogP contribution >= 0.6 is 0 Å². The van der Waals surface area contributed by atoms with E-state index in [0.29, 0.717) is 11.3 Å². The molecule has 0 radical (unpaired) electrons. The molecule has 1 aliphatic heterocycles. The lowest BCUT2D eigenvalue weighted by molar-refractivity contribution is 0.0827. The first kappa shape index (κ1) is 13.9. The Morgan fingerprint density at radius 3 is 2.36 bits per heavy atom. The molecule has 1 aromatic heterocycles. The molecule has 110 valence electrons. The normalized spacial score (nSPS) is 13.3. The van der Waals surface area contributed by atoms with Crippen molar-refractivity contribution in [1.29, 1.82) is 0 Å². The van der Waals surface area contributed by atoms with Crippen LogP contribution in [0.1, 0.15) is 31.2 Å². The van der Waals surface area contributed by atoms with Gasteiger partial charge in [-0.25, -0.2) is 14.9 Å². The smallest absolute Gasteiger partial charge is 0.284 e. The maximum Gasteiger partial charge on any atom is 0.284 e. The van der Waals surface area contributed by atoms with E-state index in [1.807, 2.05) is 0 Å². The minimum absolute atomic E-state index is 0.0912. The zero-order chi connectivity index (χ0) is 15.9. The Bertz CT molecular complexity index is 749. The molecular weight excluding hydrogens is 284 g/mol. The van der Waals surface area contributed by atoms with Crippen LogP contribution < -0.4 is 4.90 Å². The molecular formula is C15H12N4O3. The topological polar surface area (TPSA) is 83.5 Å². The van der Waals surface area contributed by atoms with Gasteiger partial charge in [-0.05, 0) is 24.3 Å². The molecule has 1 aliphatic rings. The fraction of sp³-hybridized carbons (Fsp3) is 0.133. The van der Waals surface area contributed by atoms with Crippen molar-refractivity contribution < 1.29 is 14.4 Å². The van der Waals surface area contributed by atoms with Crippen LogP contribution in [0.25, 0.3) is 0 Å². The van der Waals surface area contributed by atoms with Crippen LogP contribution in [0.2, 0.25) is 0 Å². The molecule has 22 heavy (non-hydrogen) atoms. The average molecular weight is 296 g/mol. The van der Waals surface area contributed by atoms with E-state index in [4.69, 9.17) is 0 Å². The summed E-state index contributed by atoms with van der Waals surface area (Å²) in [4.78, 5) is 46.5. The van der Waals surface area contributed by atoms with Crippen molar-refractivity contribution in [2.45, 2.75) is 0 Å². The molecule has 0 saturated carbocycles. The number of aromatic nitrogens is 2. The lowest BCUT2D eigenvalue weighted by Crippen LogP contribution is -2.29. The maximum absolute atomic E-state index is 12.3. The van der Waals surface area contributed by atoms with Crippen LogP contribution in [0.3, 0.4) is 0 Å². The van der Waals surface area contributed by atoms with Gasteiger partial charge in [0.25, 0.3) is 17.7 Å². The summed E-state index contributed by atoms with van der Waals surface area (Å²) >= 11 is 0. The highest BCUT2D eigenvalue weighted by atomic mass is 16.2. The third-order valence-electron chi connectivity index (χ3n) is 3.33. The quantitative estimate of drug-likeness (QED) is 0.771. The van der Waals surface area contributed by atoms with Crippen LogP contribution in [0.4, 0.5) is 5.69 Å². The molecule has 1 aromatic carbocycles. The van der Waals surface area contributed by atoms with Crippen molar-refractivity contribution in [1.82, 2.24) is 14.9 Å². The fourth-order valence-corrected chi connectivity index (χ4v) is 2.22. The molecule has 0 saturated heterocycles. The van der Waals surface area contributed by atoms with Gasteiger partial charge in [-0.15, -0.1) is 0 Å². The lowest BCUT2D eigenvalue weighted by Gasteiger charge is -2.15. The largest absolute Gasteiger partial charge is 0.345 e. The number of hydrogen-bond donors (Lipinski definition) is 0. The molecule has 2 aromatic rings. The van der Waals surface area contributed by atoms with Crippen molar-refractivity contribution in [3.05, 3.63) is 53.6 Å². The Morgan fingerprint density at radius 1 is 1.09 bits per heavy atom. The Hall–Kier alpha value is -3.09. The van der Waals surface area contributed by atoms with E-state index in [2.05, 4.69) is 9.97 Å². The zero-order valence-electron chi connectivity index (χ0n) is 12.0. The molecule has 0 aliphatic carbocycles. The maximum atomic E-state index is 12.3. The van der Waals surface area contributed by atoms with Crippen LogP contribution in [0, 0.1) is 0 Å². The highest BCUT2D eigenvalue weighted by Gasteiger charge is 2.38. The standard InChI is InChI=1S/C15H12N4O3/c1-18(2)13(20)9-3-5-10(6-4-9)19-14(21)11-7-16-8-17-12(11)15(19)22/h3-8H,1-2H3. The van der Waals surface area contributed by atoms with Crippen molar-refractivity contribution in [2.75, 3.05) is 19.0 Å². The molecule has 3 amide bonds. The van der Waals surface area contributed by atoms with Gasteiger partial charge in [-0.1, -0.05) is 0 Å². The van der Waals surface area contributed by atoms with Crippen LogP contribution in [0.15, 0.2) is 36.8 Å². The van der Waals surface area contributed by atoms with Gasteiger partial charge < -0.3 is 4.90 Å². The molecule has 2 heterocycles. The van der Waals surface area contributed by atoms with E-state index in [1.165, 1.54) is 17.4 Å². The third-order valence-corrected chi connectivity index (χ3v) is 3.33. The first-order valence-corrected chi connectivity index (χ1v) is 6.51. The van der Waals surface area contributed by atoms with Crippen molar-refractivity contribution in [3.63, 3.8) is 0 Å². The predicted molar refractivity (Wildman–Crippen MR) is 77.6 cm³/mol. The molecule has 0 bridgehead atoms. The predicted octanol–water partition coefficient (Wildman–Crippen LogP) is 0.979. The van der Waals surface area contributed by atoms with Gasteiger partial charge in [0, 0.05) is 25.9 Å². The minimum Gasteiger partial charge on any atom is -0.345 e. The number of fused-ring (bicyclic) bond motifs is 1.